The van der Waals surface area contributed by atoms with Gasteiger partial charge in [0.05, 0.1) is 21.2 Å². The summed E-state index contributed by atoms with van der Waals surface area (Å²) < 4.78 is 55.2. The number of sulfonamides is 2. The lowest BCUT2D eigenvalue weighted by atomic mass is 10.3. The molecule has 0 fully saturated rings. The summed E-state index contributed by atoms with van der Waals surface area (Å²) in [6.07, 6.45) is 1.53. The molecule has 11 nitrogen and oxygen atoms in total. The summed E-state index contributed by atoms with van der Waals surface area (Å²) in [4.78, 5) is 4.16. The number of hydrogen-bond donors (Lipinski definition) is 4. The number of thiazole rings is 1. The van der Waals surface area contributed by atoms with Gasteiger partial charge < -0.3 is 11.5 Å². The van der Waals surface area contributed by atoms with Crippen LogP contribution in [-0.2, 0) is 20.0 Å². The first-order valence-electron chi connectivity index (χ1n) is 11.3. The van der Waals surface area contributed by atoms with Crippen LogP contribution in [0, 0.1) is 6.92 Å². The number of nitrogens with zero attached hydrogens (tertiary/aromatic N) is 3. The number of nitrogen functional groups attached to an aromatic ring is 2. The molecule has 202 valence electrons. The Morgan fingerprint density at radius 1 is 0.769 bits per heavy atom. The Labute approximate surface area is 230 Å². The van der Waals surface area contributed by atoms with Crippen LogP contribution in [0.25, 0.3) is 5.69 Å². The number of benzene rings is 3. The minimum atomic E-state index is -3.71. The van der Waals surface area contributed by atoms with Gasteiger partial charge in [-0.2, -0.15) is 5.10 Å². The summed E-state index contributed by atoms with van der Waals surface area (Å²) in [5.41, 5.74) is 13.6. The van der Waals surface area contributed by atoms with E-state index >= 15 is 0 Å². The monoisotopic (exact) mass is 583 g/mol. The highest BCUT2D eigenvalue weighted by atomic mass is 32.2. The first-order chi connectivity index (χ1) is 18.5. The van der Waals surface area contributed by atoms with Crippen molar-refractivity contribution in [3.05, 3.63) is 102 Å². The molecule has 0 amide bonds. The van der Waals surface area contributed by atoms with E-state index < -0.39 is 20.0 Å². The van der Waals surface area contributed by atoms with Gasteiger partial charge in [0.1, 0.15) is 5.82 Å². The van der Waals surface area contributed by atoms with Crippen molar-refractivity contribution >= 4 is 53.7 Å². The lowest BCUT2D eigenvalue weighted by molar-refractivity contribution is 0.599. The predicted molar refractivity (Wildman–Crippen MR) is 154 cm³/mol. The summed E-state index contributed by atoms with van der Waals surface area (Å²) >= 11 is 1.22. The van der Waals surface area contributed by atoms with E-state index in [1.807, 2.05) is 30.3 Å². The highest BCUT2D eigenvalue weighted by Gasteiger charge is 2.18. The van der Waals surface area contributed by atoms with Crippen molar-refractivity contribution < 1.29 is 16.8 Å². The molecule has 6 N–H and O–H groups in total. The van der Waals surface area contributed by atoms with E-state index in [4.69, 9.17) is 11.5 Å². The van der Waals surface area contributed by atoms with Crippen molar-refractivity contribution in [2.45, 2.75) is 16.7 Å². The average Bonchev–Trinajstić information content (AvgIpc) is 3.54. The molecule has 0 aliphatic heterocycles. The number of para-hydroxylation sites is 1. The van der Waals surface area contributed by atoms with Crippen LogP contribution in [0.4, 0.5) is 22.3 Å². The smallest absolute Gasteiger partial charge is 0.263 e. The molecule has 0 aliphatic rings. The van der Waals surface area contributed by atoms with Crippen LogP contribution >= 0.6 is 11.3 Å². The predicted octanol–water partition coefficient (Wildman–Crippen LogP) is 4.09. The second kappa shape index (κ2) is 11.6. The lowest BCUT2D eigenvalue weighted by Crippen LogP contribution is -2.15. The average molecular weight is 584 g/mol. The molecule has 39 heavy (non-hydrogen) atoms. The maximum Gasteiger partial charge on any atom is 0.263 e. The fourth-order valence-electron chi connectivity index (χ4n) is 3.28. The second-order valence-electron chi connectivity index (χ2n) is 8.10. The van der Waals surface area contributed by atoms with Crippen LogP contribution in [0.15, 0.2) is 106 Å². The third kappa shape index (κ3) is 7.13. The number of anilines is 4. The van der Waals surface area contributed by atoms with Gasteiger partial charge in [0, 0.05) is 29.0 Å². The van der Waals surface area contributed by atoms with Crippen LogP contribution in [0.2, 0.25) is 0 Å². The van der Waals surface area contributed by atoms with E-state index in [1.165, 1.54) is 53.9 Å². The van der Waals surface area contributed by atoms with E-state index in [-0.39, 0.29) is 9.79 Å². The van der Waals surface area contributed by atoms with Gasteiger partial charge in [-0.05, 0) is 67.6 Å². The lowest BCUT2D eigenvalue weighted by Gasteiger charge is -2.10. The molecule has 3 aromatic carbocycles. The largest absolute Gasteiger partial charge is 0.399 e. The molecule has 2 aromatic heterocycles. The maximum absolute atomic E-state index is 12.5. The number of rotatable bonds is 7. The van der Waals surface area contributed by atoms with Crippen molar-refractivity contribution in [3.63, 3.8) is 0 Å². The highest BCUT2D eigenvalue weighted by molar-refractivity contribution is 7.93. The topological polar surface area (TPSA) is 175 Å². The van der Waals surface area contributed by atoms with Crippen molar-refractivity contribution in [1.82, 2.24) is 14.8 Å². The summed E-state index contributed by atoms with van der Waals surface area (Å²) in [6, 6.07) is 23.0. The van der Waals surface area contributed by atoms with Crippen molar-refractivity contribution in [2.24, 2.45) is 0 Å². The normalized spacial score (nSPS) is 11.3. The molecule has 0 radical (unpaired) electrons. The molecule has 0 atom stereocenters. The van der Waals surface area contributed by atoms with Crippen molar-refractivity contribution in [3.8, 4) is 5.69 Å². The standard InChI is InChI=1S/C16H16N4O2S.C9H9N3O2S2/c1-12-11-16(20(18-12)14-5-3-2-4-6-14)19-23(21,22)15-9-7-13(17)8-10-15;10-7-1-3-8(4-2-7)16(13,14)12-9-11-5-6-15-9/h2-11,19H,17H2,1H3;1-6H,10H2,(H,11,12). The van der Waals surface area contributed by atoms with Gasteiger partial charge in [-0.1, -0.05) is 18.2 Å². The maximum atomic E-state index is 12.5. The fraction of sp³-hybridized carbons (Fsp3) is 0.0400. The Hall–Kier alpha value is -4.40. The second-order valence-corrected chi connectivity index (χ2v) is 12.4. The van der Waals surface area contributed by atoms with E-state index in [0.29, 0.717) is 28.0 Å². The molecular formula is C25H25N7O4S3. The molecule has 0 saturated carbocycles. The van der Waals surface area contributed by atoms with E-state index in [0.717, 1.165) is 5.69 Å². The Morgan fingerprint density at radius 3 is 1.82 bits per heavy atom. The van der Waals surface area contributed by atoms with Gasteiger partial charge in [-0.3, -0.25) is 9.44 Å². The highest BCUT2D eigenvalue weighted by Crippen LogP contribution is 2.22. The SMILES string of the molecule is Cc1cc(NS(=O)(=O)c2ccc(N)cc2)n(-c2ccccc2)n1.Nc1ccc(S(=O)(=O)Nc2nccs2)cc1. The number of nitrogens with two attached hydrogens (primary N) is 2. The minimum absolute atomic E-state index is 0.144. The fourth-order valence-corrected chi connectivity index (χ4v) is 6.10. The summed E-state index contributed by atoms with van der Waals surface area (Å²) in [6.45, 7) is 1.81. The summed E-state index contributed by atoms with van der Waals surface area (Å²) in [5.74, 6) is 0.380. The first kappa shape index (κ1) is 27.6. The summed E-state index contributed by atoms with van der Waals surface area (Å²) in [7, 11) is -7.27. The molecule has 5 rings (SSSR count). The Balaban J connectivity index is 0.000000193. The number of hydrogen-bond acceptors (Lipinski definition) is 9. The molecule has 5 aromatic rings. The molecule has 14 heteroatoms. The van der Waals surface area contributed by atoms with Crippen molar-refractivity contribution in [2.75, 3.05) is 20.9 Å². The van der Waals surface area contributed by atoms with Crippen LogP contribution in [0.1, 0.15) is 5.69 Å². The Bertz CT molecular complexity index is 1740. The van der Waals surface area contributed by atoms with Gasteiger partial charge >= 0.3 is 0 Å². The van der Waals surface area contributed by atoms with Crippen molar-refractivity contribution in [1.29, 1.82) is 0 Å². The number of aromatic nitrogens is 3. The molecule has 0 unspecified atom stereocenters. The van der Waals surface area contributed by atoms with Crippen LogP contribution in [0.3, 0.4) is 0 Å². The zero-order valence-electron chi connectivity index (χ0n) is 20.6. The zero-order chi connectivity index (χ0) is 28.0. The van der Waals surface area contributed by atoms with Gasteiger partial charge in [-0.15, -0.1) is 11.3 Å². The molecule has 2 heterocycles. The molecule has 0 aliphatic carbocycles. The molecule has 0 saturated heterocycles. The van der Waals surface area contributed by atoms with Crippen LogP contribution in [0.5, 0.6) is 0 Å². The third-order valence-electron chi connectivity index (χ3n) is 5.11. The third-order valence-corrected chi connectivity index (χ3v) is 8.65. The van der Waals surface area contributed by atoms with E-state index in [1.54, 1.807) is 35.2 Å². The first-order valence-corrected chi connectivity index (χ1v) is 15.2. The molecule has 0 bridgehead atoms. The van der Waals surface area contributed by atoms with Gasteiger partial charge in [-0.25, -0.2) is 26.5 Å². The van der Waals surface area contributed by atoms with Gasteiger partial charge in [0.25, 0.3) is 20.0 Å². The molecule has 0 spiro atoms. The number of nitrogens with one attached hydrogen (secondary N) is 2. The number of aryl methyl sites for hydroxylation is 1. The summed E-state index contributed by atoms with van der Waals surface area (Å²) in [5, 5.41) is 6.38. The Morgan fingerprint density at radius 2 is 1.31 bits per heavy atom. The minimum Gasteiger partial charge on any atom is -0.399 e. The van der Waals surface area contributed by atoms with Gasteiger partial charge in [0.15, 0.2) is 5.13 Å². The molecular weight excluding hydrogens is 559 g/mol. The van der Waals surface area contributed by atoms with Crippen LogP contribution < -0.4 is 20.9 Å². The Kier molecular flexibility index (Phi) is 8.18. The van der Waals surface area contributed by atoms with Gasteiger partial charge in [0.2, 0.25) is 0 Å². The quantitative estimate of drug-likeness (QED) is 0.207. The zero-order valence-corrected chi connectivity index (χ0v) is 23.0. The van der Waals surface area contributed by atoms with Crippen LogP contribution in [-0.4, -0.2) is 31.6 Å². The van der Waals surface area contributed by atoms with E-state index in [9.17, 15) is 16.8 Å². The van der Waals surface area contributed by atoms with E-state index in [2.05, 4.69) is 19.5 Å².